The molecule has 1 N–H and O–H groups in total. The molecule has 0 unspecified atom stereocenters. The van der Waals surface area contributed by atoms with Crippen molar-refractivity contribution in [3.8, 4) is 0 Å². The highest BCUT2D eigenvalue weighted by Crippen LogP contribution is 2.32. The average Bonchev–Trinajstić information content (AvgIpc) is 2.96. The van der Waals surface area contributed by atoms with E-state index in [4.69, 9.17) is 4.74 Å². The summed E-state index contributed by atoms with van der Waals surface area (Å²) in [5, 5.41) is 3.57. The third-order valence-corrected chi connectivity index (χ3v) is 4.43. The molecule has 3 heterocycles. The molecule has 0 aromatic carbocycles. The van der Waals surface area contributed by atoms with Gasteiger partial charge in [0, 0.05) is 57.4 Å². The first-order chi connectivity index (χ1) is 10.8. The number of nitrogens with one attached hydrogen (secondary N) is 1. The molecule has 0 saturated carbocycles. The van der Waals surface area contributed by atoms with Gasteiger partial charge < -0.3 is 14.6 Å². The van der Waals surface area contributed by atoms with Crippen molar-refractivity contribution in [1.82, 2.24) is 19.9 Å². The van der Waals surface area contributed by atoms with Crippen molar-refractivity contribution in [3.63, 3.8) is 0 Å². The van der Waals surface area contributed by atoms with E-state index in [9.17, 15) is 0 Å². The molecule has 0 aliphatic carbocycles. The number of ether oxygens (including phenoxy) is 1. The van der Waals surface area contributed by atoms with Crippen LogP contribution in [0.25, 0.3) is 0 Å². The summed E-state index contributed by atoms with van der Waals surface area (Å²) in [6.07, 6.45) is 10.0. The molecular formula is C17H24N4O. The zero-order valence-electron chi connectivity index (χ0n) is 13.3. The van der Waals surface area contributed by atoms with E-state index < -0.39 is 0 Å². The van der Waals surface area contributed by atoms with E-state index in [1.165, 1.54) is 17.5 Å². The second-order valence-corrected chi connectivity index (χ2v) is 6.02. The third kappa shape index (κ3) is 3.36. The quantitative estimate of drug-likeness (QED) is 0.921. The van der Waals surface area contributed by atoms with Crippen molar-refractivity contribution in [1.29, 1.82) is 0 Å². The molecule has 0 radical (unpaired) electrons. The monoisotopic (exact) mass is 300 g/mol. The molecule has 1 fully saturated rings. The van der Waals surface area contributed by atoms with Gasteiger partial charge in [-0.1, -0.05) is 0 Å². The first-order valence-electron chi connectivity index (χ1n) is 7.94. The van der Waals surface area contributed by atoms with E-state index in [0.717, 1.165) is 31.9 Å². The Morgan fingerprint density at radius 3 is 3.09 bits per heavy atom. The van der Waals surface area contributed by atoms with Gasteiger partial charge in [-0.3, -0.25) is 4.98 Å². The fourth-order valence-corrected chi connectivity index (χ4v) is 3.06. The lowest BCUT2D eigenvalue weighted by atomic mass is 9.93. The summed E-state index contributed by atoms with van der Waals surface area (Å²) in [4.78, 5) is 8.67. The predicted octanol–water partition coefficient (Wildman–Crippen LogP) is 2.38. The van der Waals surface area contributed by atoms with Crippen LogP contribution in [0.1, 0.15) is 35.9 Å². The number of nitrogens with zero attached hydrogens (tertiary/aromatic N) is 3. The number of hydrogen-bond acceptors (Lipinski definition) is 4. The molecular weight excluding hydrogens is 276 g/mol. The zero-order valence-corrected chi connectivity index (χ0v) is 13.3. The Bertz CT molecular complexity index is 610. The van der Waals surface area contributed by atoms with Gasteiger partial charge in [0.15, 0.2) is 0 Å². The fourth-order valence-electron chi connectivity index (χ4n) is 3.06. The largest absolute Gasteiger partial charge is 0.370 e. The minimum Gasteiger partial charge on any atom is -0.370 e. The van der Waals surface area contributed by atoms with Crippen LogP contribution in [0.5, 0.6) is 0 Å². The molecule has 3 rings (SSSR count). The SMILES string of the molecule is Cc1ccncc1CNC[C@@H]1CCCO[C@H]1c1nccn1C. The number of hydrogen-bond donors (Lipinski definition) is 1. The molecule has 2 aromatic heterocycles. The zero-order chi connectivity index (χ0) is 15.4. The van der Waals surface area contributed by atoms with E-state index >= 15 is 0 Å². The van der Waals surface area contributed by atoms with Crippen LogP contribution in [0.2, 0.25) is 0 Å². The molecule has 2 aromatic rings. The van der Waals surface area contributed by atoms with Crippen LogP contribution in [0, 0.1) is 12.8 Å². The number of rotatable bonds is 5. The maximum Gasteiger partial charge on any atom is 0.137 e. The van der Waals surface area contributed by atoms with Gasteiger partial charge in [-0.15, -0.1) is 0 Å². The van der Waals surface area contributed by atoms with Crippen molar-refractivity contribution >= 4 is 0 Å². The molecule has 0 bridgehead atoms. The number of aromatic nitrogens is 3. The van der Waals surface area contributed by atoms with Gasteiger partial charge in [-0.2, -0.15) is 0 Å². The molecule has 0 spiro atoms. The van der Waals surface area contributed by atoms with Crippen LogP contribution in [-0.4, -0.2) is 27.7 Å². The van der Waals surface area contributed by atoms with Gasteiger partial charge in [0.1, 0.15) is 11.9 Å². The Morgan fingerprint density at radius 2 is 2.32 bits per heavy atom. The van der Waals surface area contributed by atoms with E-state index in [1.807, 2.05) is 31.8 Å². The van der Waals surface area contributed by atoms with Gasteiger partial charge in [0.25, 0.3) is 0 Å². The summed E-state index contributed by atoms with van der Waals surface area (Å²) in [5.41, 5.74) is 2.54. The lowest BCUT2D eigenvalue weighted by Gasteiger charge is -2.31. The normalized spacial score (nSPS) is 21.9. The van der Waals surface area contributed by atoms with Crippen molar-refractivity contribution in [2.24, 2.45) is 13.0 Å². The molecule has 2 atom stereocenters. The van der Waals surface area contributed by atoms with Crippen LogP contribution >= 0.6 is 0 Å². The smallest absolute Gasteiger partial charge is 0.137 e. The molecule has 5 nitrogen and oxygen atoms in total. The molecule has 5 heteroatoms. The van der Waals surface area contributed by atoms with Crippen LogP contribution in [-0.2, 0) is 18.3 Å². The Kier molecular flexibility index (Phi) is 4.85. The van der Waals surface area contributed by atoms with Crippen LogP contribution in [0.15, 0.2) is 30.9 Å². The molecule has 22 heavy (non-hydrogen) atoms. The highest BCUT2D eigenvalue weighted by Gasteiger charge is 2.29. The molecule has 1 aliphatic rings. The van der Waals surface area contributed by atoms with E-state index in [1.54, 1.807) is 0 Å². The second kappa shape index (κ2) is 7.03. The molecule has 118 valence electrons. The standard InChI is InChI=1S/C17H24N4O/c1-13-5-6-18-11-15(13)12-19-10-14-4-3-9-22-16(14)17-20-7-8-21(17)2/h5-8,11,14,16,19H,3-4,9-10,12H2,1-2H3/t14-,16+/m0/s1. The fraction of sp³-hybridized carbons (Fsp3) is 0.529. The molecule has 1 aliphatic heterocycles. The highest BCUT2D eigenvalue weighted by molar-refractivity contribution is 5.21. The number of aryl methyl sites for hydroxylation is 2. The summed E-state index contributed by atoms with van der Waals surface area (Å²) in [5.74, 6) is 1.50. The van der Waals surface area contributed by atoms with E-state index in [0.29, 0.717) is 5.92 Å². The Hall–Kier alpha value is -1.72. The summed E-state index contributed by atoms with van der Waals surface area (Å²) in [6, 6.07) is 2.05. The van der Waals surface area contributed by atoms with Gasteiger partial charge in [0.05, 0.1) is 0 Å². The maximum atomic E-state index is 6.01. The topological polar surface area (TPSA) is 52.0 Å². The Labute approximate surface area is 131 Å². The Morgan fingerprint density at radius 1 is 1.41 bits per heavy atom. The number of imidazole rings is 1. The van der Waals surface area contributed by atoms with E-state index in [-0.39, 0.29) is 6.10 Å². The predicted molar refractivity (Wildman–Crippen MR) is 85.3 cm³/mol. The lowest BCUT2D eigenvalue weighted by Crippen LogP contribution is -2.33. The second-order valence-electron chi connectivity index (χ2n) is 6.02. The van der Waals surface area contributed by atoms with Gasteiger partial charge in [0.2, 0.25) is 0 Å². The van der Waals surface area contributed by atoms with Crippen molar-refractivity contribution in [2.75, 3.05) is 13.2 Å². The maximum absolute atomic E-state index is 6.01. The van der Waals surface area contributed by atoms with Gasteiger partial charge in [-0.25, -0.2) is 4.98 Å². The van der Waals surface area contributed by atoms with Gasteiger partial charge in [-0.05, 0) is 37.0 Å². The Balaban J connectivity index is 1.60. The van der Waals surface area contributed by atoms with Crippen molar-refractivity contribution in [2.45, 2.75) is 32.4 Å². The first kappa shape index (κ1) is 15.2. The highest BCUT2D eigenvalue weighted by atomic mass is 16.5. The summed E-state index contributed by atoms with van der Waals surface area (Å²) in [7, 11) is 2.03. The minimum atomic E-state index is 0.0937. The van der Waals surface area contributed by atoms with Crippen molar-refractivity contribution in [3.05, 3.63) is 47.8 Å². The number of pyridine rings is 1. The lowest BCUT2D eigenvalue weighted by molar-refractivity contribution is -0.0344. The van der Waals surface area contributed by atoms with Crippen LogP contribution in [0.4, 0.5) is 0 Å². The summed E-state index contributed by atoms with van der Waals surface area (Å²) < 4.78 is 8.07. The van der Waals surface area contributed by atoms with Crippen LogP contribution in [0.3, 0.4) is 0 Å². The van der Waals surface area contributed by atoms with Crippen LogP contribution < -0.4 is 5.32 Å². The van der Waals surface area contributed by atoms with Crippen molar-refractivity contribution < 1.29 is 4.74 Å². The summed E-state index contributed by atoms with van der Waals surface area (Å²) in [6.45, 7) is 4.74. The molecule has 1 saturated heterocycles. The average molecular weight is 300 g/mol. The third-order valence-electron chi connectivity index (χ3n) is 4.43. The van der Waals surface area contributed by atoms with Gasteiger partial charge >= 0.3 is 0 Å². The first-order valence-corrected chi connectivity index (χ1v) is 7.94. The minimum absolute atomic E-state index is 0.0937. The molecule has 0 amide bonds. The summed E-state index contributed by atoms with van der Waals surface area (Å²) >= 11 is 0. The van der Waals surface area contributed by atoms with E-state index in [2.05, 4.69) is 32.8 Å².